The van der Waals surface area contributed by atoms with Crippen LogP contribution in [0.5, 0.6) is 0 Å². The molecule has 2 rings (SSSR count). The van der Waals surface area contributed by atoms with E-state index >= 15 is 0 Å². The fourth-order valence-electron chi connectivity index (χ4n) is 1.56. The molecule has 0 radical (unpaired) electrons. The molecule has 0 aliphatic carbocycles. The van der Waals surface area contributed by atoms with Gasteiger partial charge in [0.25, 0.3) is 0 Å². The van der Waals surface area contributed by atoms with Gasteiger partial charge in [0, 0.05) is 12.0 Å². The first-order chi connectivity index (χ1) is 6.18. The Morgan fingerprint density at radius 2 is 2.38 bits per heavy atom. The van der Waals surface area contributed by atoms with E-state index in [2.05, 4.69) is 15.3 Å². The molecule has 3 N–H and O–H groups in total. The summed E-state index contributed by atoms with van der Waals surface area (Å²) in [5.74, 6) is 1.09. The second-order valence-electron chi connectivity index (χ2n) is 3.17. The lowest BCUT2D eigenvalue weighted by molar-refractivity contribution is -0.116. The van der Waals surface area contributed by atoms with E-state index in [1.54, 1.807) is 0 Å². The van der Waals surface area contributed by atoms with Gasteiger partial charge in [0.15, 0.2) is 0 Å². The molecule has 0 spiro atoms. The lowest BCUT2D eigenvalue weighted by atomic mass is 9.95. The first-order valence-corrected chi connectivity index (χ1v) is 4.08. The number of nitrogens with two attached hydrogens (primary N) is 1. The summed E-state index contributed by atoms with van der Waals surface area (Å²) in [5, 5.41) is 2.66. The van der Waals surface area contributed by atoms with Crippen LogP contribution in [0.4, 0.5) is 11.6 Å². The summed E-state index contributed by atoms with van der Waals surface area (Å²) in [6.45, 7) is 1.94. The number of nitrogens with zero attached hydrogens (tertiary/aromatic N) is 2. The molecule has 0 bridgehead atoms. The third kappa shape index (κ3) is 1.22. The number of nitrogens with one attached hydrogen (secondary N) is 1. The first kappa shape index (κ1) is 7.97. The number of rotatable bonds is 0. The third-order valence-corrected chi connectivity index (χ3v) is 2.16. The molecular weight excluding hydrogens is 168 g/mol. The average molecular weight is 178 g/mol. The van der Waals surface area contributed by atoms with Crippen LogP contribution in [-0.4, -0.2) is 15.9 Å². The van der Waals surface area contributed by atoms with Crippen molar-refractivity contribution in [1.82, 2.24) is 9.97 Å². The highest BCUT2D eigenvalue weighted by atomic mass is 16.1. The first-order valence-electron chi connectivity index (χ1n) is 4.08. The molecule has 68 valence electrons. The van der Waals surface area contributed by atoms with Gasteiger partial charge < -0.3 is 11.1 Å². The van der Waals surface area contributed by atoms with Crippen LogP contribution < -0.4 is 11.1 Å². The molecule has 1 aromatic rings. The van der Waals surface area contributed by atoms with Crippen molar-refractivity contribution >= 4 is 17.5 Å². The van der Waals surface area contributed by atoms with Gasteiger partial charge in [-0.2, -0.15) is 0 Å². The standard InChI is InChI=1S/C8H10N4O/c1-4-2-5(13)12-8-6(4)7(9)10-3-11-8/h3-4H,2H2,1H3,(H3,9,10,11,12,13)/t4-/m1/s1. The van der Waals surface area contributed by atoms with Gasteiger partial charge in [0.1, 0.15) is 18.0 Å². The number of fused-ring (bicyclic) bond motifs is 1. The molecule has 5 nitrogen and oxygen atoms in total. The fraction of sp³-hybridized carbons (Fsp3) is 0.375. The zero-order valence-corrected chi connectivity index (χ0v) is 7.24. The van der Waals surface area contributed by atoms with Crippen LogP contribution in [0.25, 0.3) is 0 Å². The van der Waals surface area contributed by atoms with E-state index < -0.39 is 0 Å². The number of hydrogen-bond acceptors (Lipinski definition) is 4. The number of hydrogen-bond donors (Lipinski definition) is 2. The van der Waals surface area contributed by atoms with Crippen LogP contribution in [0, 0.1) is 0 Å². The Kier molecular flexibility index (Phi) is 1.65. The van der Waals surface area contributed by atoms with Crippen molar-refractivity contribution in [2.75, 3.05) is 11.1 Å². The highest BCUT2D eigenvalue weighted by Gasteiger charge is 2.25. The minimum absolute atomic E-state index is 0.0156. The summed E-state index contributed by atoms with van der Waals surface area (Å²) in [6.07, 6.45) is 1.80. The molecule has 2 heterocycles. The molecule has 0 fully saturated rings. The molecular formula is C8H10N4O. The molecule has 0 aromatic carbocycles. The molecule has 1 atom stereocenters. The molecule has 1 aromatic heterocycles. The topological polar surface area (TPSA) is 80.9 Å². The molecule has 5 heteroatoms. The molecule has 13 heavy (non-hydrogen) atoms. The summed E-state index contributed by atoms with van der Waals surface area (Å²) >= 11 is 0. The van der Waals surface area contributed by atoms with Crippen molar-refractivity contribution in [1.29, 1.82) is 0 Å². The van der Waals surface area contributed by atoms with E-state index in [4.69, 9.17) is 5.73 Å². The SMILES string of the molecule is C[C@@H]1CC(=O)Nc2ncnc(N)c21. The number of amides is 1. The zero-order valence-electron chi connectivity index (χ0n) is 7.24. The molecule has 1 amide bonds. The minimum Gasteiger partial charge on any atom is -0.383 e. The number of aromatic nitrogens is 2. The Morgan fingerprint density at radius 3 is 3.15 bits per heavy atom. The summed E-state index contributed by atoms with van der Waals surface area (Å²) in [6, 6.07) is 0. The highest BCUT2D eigenvalue weighted by Crippen LogP contribution is 2.32. The number of carbonyl (C=O) groups is 1. The van der Waals surface area contributed by atoms with Gasteiger partial charge in [0.2, 0.25) is 5.91 Å². The van der Waals surface area contributed by atoms with Gasteiger partial charge >= 0.3 is 0 Å². The van der Waals surface area contributed by atoms with Crippen LogP contribution in [0.1, 0.15) is 24.8 Å². The van der Waals surface area contributed by atoms with Crippen LogP contribution in [0.2, 0.25) is 0 Å². The van der Waals surface area contributed by atoms with Crippen LogP contribution in [-0.2, 0) is 4.79 Å². The maximum Gasteiger partial charge on any atom is 0.226 e. The van der Waals surface area contributed by atoms with Crippen LogP contribution in [0.15, 0.2) is 6.33 Å². The normalized spacial score (nSPS) is 20.7. The van der Waals surface area contributed by atoms with Crippen molar-refractivity contribution in [3.8, 4) is 0 Å². The van der Waals surface area contributed by atoms with Gasteiger partial charge in [0.05, 0.1) is 0 Å². The van der Waals surface area contributed by atoms with Gasteiger partial charge in [-0.25, -0.2) is 9.97 Å². The second-order valence-corrected chi connectivity index (χ2v) is 3.17. The van der Waals surface area contributed by atoms with Crippen molar-refractivity contribution in [3.63, 3.8) is 0 Å². The summed E-state index contributed by atoms with van der Waals surface area (Å²) in [7, 11) is 0. The smallest absolute Gasteiger partial charge is 0.226 e. The number of nitrogen functional groups attached to an aromatic ring is 1. The monoisotopic (exact) mass is 178 g/mol. The second kappa shape index (κ2) is 2.69. The van der Waals surface area contributed by atoms with Crippen molar-refractivity contribution in [3.05, 3.63) is 11.9 Å². The summed E-state index contributed by atoms with van der Waals surface area (Å²) < 4.78 is 0. The molecule has 1 aliphatic heterocycles. The average Bonchev–Trinajstić information content (AvgIpc) is 2.02. The highest BCUT2D eigenvalue weighted by molar-refractivity contribution is 5.94. The summed E-state index contributed by atoms with van der Waals surface area (Å²) in [4.78, 5) is 19.0. The van der Waals surface area contributed by atoms with E-state index in [9.17, 15) is 4.79 Å². The number of carbonyl (C=O) groups excluding carboxylic acids is 1. The van der Waals surface area contributed by atoms with Gasteiger partial charge in [-0.3, -0.25) is 4.79 Å². The predicted octanol–water partition coefficient (Wildman–Crippen LogP) is 0.504. The van der Waals surface area contributed by atoms with E-state index in [0.717, 1.165) is 5.56 Å². The van der Waals surface area contributed by atoms with Crippen LogP contribution >= 0.6 is 0 Å². The quantitative estimate of drug-likeness (QED) is 0.606. The third-order valence-electron chi connectivity index (χ3n) is 2.16. The maximum absolute atomic E-state index is 11.1. The van der Waals surface area contributed by atoms with Crippen LogP contribution in [0.3, 0.4) is 0 Å². The molecule has 0 saturated heterocycles. The zero-order chi connectivity index (χ0) is 9.42. The Bertz CT molecular complexity index is 363. The largest absolute Gasteiger partial charge is 0.383 e. The Labute approximate surface area is 75.4 Å². The van der Waals surface area contributed by atoms with Crippen molar-refractivity contribution < 1.29 is 4.79 Å². The Hall–Kier alpha value is -1.65. The lowest BCUT2D eigenvalue weighted by Crippen LogP contribution is -2.23. The van der Waals surface area contributed by atoms with E-state index in [0.29, 0.717) is 18.1 Å². The number of anilines is 2. The fourth-order valence-corrected chi connectivity index (χ4v) is 1.56. The Balaban J connectivity index is 2.55. The molecule has 0 saturated carbocycles. The van der Waals surface area contributed by atoms with Gasteiger partial charge in [-0.15, -0.1) is 0 Å². The molecule has 1 aliphatic rings. The summed E-state index contributed by atoms with van der Waals surface area (Å²) in [5.41, 5.74) is 6.52. The van der Waals surface area contributed by atoms with E-state index in [1.807, 2.05) is 6.92 Å². The van der Waals surface area contributed by atoms with E-state index in [1.165, 1.54) is 6.33 Å². The van der Waals surface area contributed by atoms with Crippen molar-refractivity contribution in [2.24, 2.45) is 0 Å². The van der Waals surface area contributed by atoms with E-state index in [-0.39, 0.29) is 11.8 Å². The lowest BCUT2D eigenvalue weighted by Gasteiger charge is -2.21. The molecule has 0 unspecified atom stereocenters. The van der Waals surface area contributed by atoms with Gasteiger partial charge in [-0.1, -0.05) is 6.92 Å². The van der Waals surface area contributed by atoms with Crippen molar-refractivity contribution in [2.45, 2.75) is 19.3 Å². The minimum atomic E-state index is -0.0156. The van der Waals surface area contributed by atoms with Gasteiger partial charge in [-0.05, 0) is 5.92 Å². The maximum atomic E-state index is 11.1. The predicted molar refractivity (Wildman–Crippen MR) is 48.1 cm³/mol. The Morgan fingerprint density at radius 1 is 1.62 bits per heavy atom.